The van der Waals surface area contributed by atoms with Crippen LogP contribution in [0.4, 0.5) is 18.0 Å². The lowest BCUT2D eigenvalue weighted by Gasteiger charge is -2.27. The van der Waals surface area contributed by atoms with E-state index in [2.05, 4.69) is 0 Å². The van der Waals surface area contributed by atoms with Crippen LogP contribution in [0, 0.1) is 0 Å². The van der Waals surface area contributed by atoms with Crippen LogP contribution < -0.4 is 5.32 Å². The zero-order valence-corrected chi connectivity index (χ0v) is 10.6. The summed E-state index contributed by atoms with van der Waals surface area (Å²) >= 11 is 0. The highest BCUT2D eigenvalue weighted by molar-refractivity contribution is 5.74. The van der Waals surface area contributed by atoms with Gasteiger partial charge in [-0.2, -0.15) is 13.2 Å². The Labute approximate surface area is 100 Å². The Morgan fingerprint density at radius 2 is 1.88 bits per heavy atom. The number of amides is 2. The third-order valence-corrected chi connectivity index (χ3v) is 2.33. The molecule has 6 heteroatoms. The van der Waals surface area contributed by atoms with Gasteiger partial charge in [-0.25, -0.2) is 4.79 Å². The zero-order valence-electron chi connectivity index (χ0n) is 10.6. The van der Waals surface area contributed by atoms with Crippen molar-refractivity contribution in [1.29, 1.82) is 0 Å². The first kappa shape index (κ1) is 16.1. The first-order chi connectivity index (χ1) is 7.78. The normalized spacial score (nSPS) is 11.7. The minimum atomic E-state index is -4.36. The average molecular weight is 254 g/mol. The Balaban J connectivity index is 4.16. The second kappa shape index (κ2) is 7.40. The maximum atomic E-state index is 12.0. The van der Waals surface area contributed by atoms with E-state index in [0.717, 1.165) is 19.3 Å². The van der Waals surface area contributed by atoms with Gasteiger partial charge in [0.05, 0.1) is 0 Å². The summed E-state index contributed by atoms with van der Waals surface area (Å²) in [5.74, 6) is 0. The number of nitrogens with zero attached hydrogens (tertiary/aromatic N) is 1. The topological polar surface area (TPSA) is 32.3 Å². The summed E-state index contributed by atoms with van der Waals surface area (Å²) < 4.78 is 35.9. The molecule has 0 aliphatic carbocycles. The summed E-state index contributed by atoms with van der Waals surface area (Å²) in [6, 6.07) is -0.742. The number of carbonyl (C=O) groups excluding carboxylic acids is 1. The molecule has 0 aromatic carbocycles. The van der Waals surface area contributed by atoms with E-state index in [1.807, 2.05) is 12.2 Å². The summed E-state index contributed by atoms with van der Waals surface area (Å²) in [5, 5.41) is 1.89. The third-order valence-electron chi connectivity index (χ3n) is 2.33. The second-order valence-corrected chi connectivity index (χ2v) is 4.27. The van der Waals surface area contributed by atoms with Gasteiger partial charge in [0, 0.05) is 12.6 Å². The lowest BCUT2D eigenvalue weighted by Crippen LogP contribution is -2.47. The van der Waals surface area contributed by atoms with Crippen LogP contribution in [0.5, 0.6) is 0 Å². The van der Waals surface area contributed by atoms with Gasteiger partial charge in [0.2, 0.25) is 0 Å². The lowest BCUT2D eigenvalue weighted by atomic mass is 10.2. The molecule has 0 saturated heterocycles. The fraction of sp³-hybridized carbons (Fsp3) is 0.909. The maximum absolute atomic E-state index is 12.0. The first-order valence-corrected chi connectivity index (χ1v) is 5.89. The van der Waals surface area contributed by atoms with E-state index in [9.17, 15) is 18.0 Å². The van der Waals surface area contributed by atoms with Crippen molar-refractivity contribution >= 4 is 6.03 Å². The highest BCUT2D eigenvalue weighted by atomic mass is 19.4. The van der Waals surface area contributed by atoms with E-state index in [-0.39, 0.29) is 6.04 Å². The van der Waals surface area contributed by atoms with Gasteiger partial charge < -0.3 is 10.2 Å². The Morgan fingerprint density at radius 3 is 2.29 bits per heavy atom. The number of alkyl halides is 3. The molecule has 0 aliphatic rings. The molecule has 0 radical (unpaired) electrons. The van der Waals surface area contributed by atoms with Gasteiger partial charge in [-0.3, -0.25) is 0 Å². The van der Waals surface area contributed by atoms with Gasteiger partial charge >= 0.3 is 12.2 Å². The quantitative estimate of drug-likeness (QED) is 0.725. The molecule has 2 amide bonds. The molecular formula is C11H21F3N2O. The number of carbonyl (C=O) groups is 1. The highest BCUT2D eigenvalue weighted by Gasteiger charge is 2.29. The van der Waals surface area contributed by atoms with Gasteiger partial charge in [0.1, 0.15) is 6.54 Å². The number of nitrogens with one attached hydrogen (secondary N) is 1. The fourth-order valence-electron chi connectivity index (χ4n) is 1.40. The first-order valence-electron chi connectivity index (χ1n) is 5.89. The largest absolute Gasteiger partial charge is 0.405 e. The minimum absolute atomic E-state index is 0.0971. The number of rotatable bonds is 6. The summed E-state index contributed by atoms with van der Waals surface area (Å²) in [4.78, 5) is 13.0. The second-order valence-electron chi connectivity index (χ2n) is 4.27. The lowest BCUT2D eigenvalue weighted by molar-refractivity contribution is -0.123. The number of hydrogen-bond acceptors (Lipinski definition) is 1. The summed E-state index contributed by atoms with van der Waals surface area (Å²) in [6.07, 6.45) is -1.57. The van der Waals surface area contributed by atoms with E-state index in [1.54, 1.807) is 13.8 Å². The van der Waals surface area contributed by atoms with Crippen molar-refractivity contribution in [1.82, 2.24) is 10.2 Å². The summed E-state index contributed by atoms with van der Waals surface area (Å²) in [5.41, 5.74) is 0. The van der Waals surface area contributed by atoms with Crippen LogP contribution in [0.3, 0.4) is 0 Å². The molecule has 0 heterocycles. The van der Waals surface area contributed by atoms with Crippen molar-refractivity contribution in [3.05, 3.63) is 0 Å². The Morgan fingerprint density at radius 1 is 1.29 bits per heavy atom. The van der Waals surface area contributed by atoms with Crippen LogP contribution in [-0.4, -0.2) is 36.2 Å². The molecular weight excluding hydrogens is 233 g/mol. The third kappa shape index (κ3) is 7.88. The van der Waals surface area contributed by atoms with Gasteiger partial charge in [-0.1, -0.05) is 19.8 Å². The zero-order chi connectivity index (χ0) is 13.5. The van der Waals surface area contributed by atoms with Crippen molar-refractivity contribution in [2.24, 2.45) is 0 Å². The van der Waals surface area contributed by atoms with Gasteiger partial charge in [-0.15, -0.1) is 0 Å². The molecule has 0 fully saturated rings. The number of unbranched alkanes of at least 4 members (excludes halogenated alkanes) is 2. The van der Waals surface area contributed by atoms with Crippen molar-refractivity contribution in [3.8, 4) is 0 Å². The van der Waals surface area contributed by atoms with E-state index in [1.165, 1.54) is 4.90 Å². The molecule has 0 aromatic heterocycles. The van der Waals surface area contributed by atoms with Gasteiger partial charge in [-0.05, 0) is 20.3 Å². The smallest absolute Gasteiger partial charge is 0.329 e. The Kier molecular flexibility index (Phi) is 6.99. The predicted molar refractivity (Wildman–Crippen MR) is 60.8 cm³/mol. The molecule has 3 nitrogen and oxygen atoms in total. The maximum Gasteiger partial charge on any atom is 0.405 e. The molecule has 102 valence electrons. The van der Waals surface area contributed by atoms with E-state index >= 15 is 0 Å². The Hall–Kier alpha value is -0.940. The number of hydrogen-bond donors (Lipinski definition) is 1. The van der Waals surface area contributed by atoms with Crippen LogP contribution in [0.25, 0.3) is 0 Å². The van der Waals surface area contributed by atoms with Crippen molar-refractivity contribution in [2.75, 3.05) is 13.1 Å². The molecule has 0 spiro atoms. The SMILES string of the molecule is CCCCCN(C(=O)NCC(F)(F)F)C(C)C. The molecule has 0 atom stereocenters. The molecule has 0 aromatic rings. The fourth-order valence-corrected chi connectivity index (χ4v) is 1.40. The standard InChI is InChI=1S/C11H21F3N2O/c1-4-5-6-7-16(9(2)3)10(17)15-8-11(12,13)14/h9H,4-8H2,1-3H3,(H,15,17). The molecule has 0 aliphatic heterocycles. The van der Waals surface area contributed by atoms with E-state index in [4.69, 9.17) is 0 Å². The predicted octanol–water partition coefficient (Wildman–Crippen LogP) is 3.16. The van der Waals surface area contributed by atoms with Crippen LogP contribution in [-0.2, 0) is 0 Å². The Bertz CT molecular complexity index is 229. The van der Waals surface area contributed by atoms with Crippen molar-refractivity contribution in [2.45, 2.75) is 52.3 Å². The summed E-state index contributed by atoms with van der Waals surface area (Å²) in [7, 11) is 0. The van der Waals surface area contributed by atoms with Crippen molar-refractivity contribution in [3.63, 3.8) is 0 Å². The van der Waals surface area contributed by atoms with E-state index in [0.29, 0.717) is 6.54 Å². The molecule has 0 rings (SSSR count). The molecule has 0 bridgehead atoms. The van der Waals surface area contributed by atoms with E-state index < -0.39 is 18.8 Å². The summed E-state index contributed by atoms with van der Waals surface area (Å²) in [6.45, 7) is 4.83. The highest BCUT2D eigenvalue weighted by Crippen LogP contribution is 2.13. The van der Waals surface area contributed by atoms with Gasteiger partial charge in [0.25, 0.3) is 0 Å². The average Bonchev–Trinajstić information content (AvgIpc) is 2.19. The van der Waals surface area contributed by atoms with Crippen LogP contribution in [0.15, 0.2) is 0 Å². The van der Waals surface area contributed by atoms with Gasteiger partial charge in [0.15, 0.2) is 0 Å². The molecule has 0 saturated carbocycles. The molecule has 17 heavy (non-hydrogen) atoms. The van der Waals surface area contributed by atoms with Crippen LogP contribution in [0.1, 0.15) is 40.0 Å². The number of halogens is 3. The van der Waals surface area contributed by atoms with Crippen LogP contribution >= 0.6 is 0 Å². The molecule has 0 unspecified atom stereocenters. The number of urea groups is 1. The monoisotopic (exact) mass is 254 g/mol. The molecule has 1 N–H and O–H groups in total. The van der Waals surface area contributed by atoms with Crippen LogP contribution in [0.2, 0.25) is 0 Å². The van der Waals surface area contributed by atoms with Crippen molar-refractivity contribution < 1.29 is 18.0 Å². The minimum Gasteiger partial charge on any atom is -0.329 e.